The third kappa shape index (κ3) is 3.48. The summed E-state index contributed by atoms with van der Waals surface area (Å²) in [6.45, 7) is 0.995. The van der Waals surface area contributed by atoms with E-state index >= 15 is 0 Å². The molecule has 108 valence electrons. The Labute approximate surface area is 116 Å². The predicted molar refractivity (Wildman–Crippen MR) is 70.1 cm³/mol. The highest BCUT2D eigenvalue weighted by Gasteiger charge is 2.29. The highest BCUT2D eigenvalue weighted by molar-refractivity contribution is 5.81. The van der Waals surface area contributed by atoms with Crippen molar-refractivity contribution < 1.29 is 24.2 Å². The summed E-state index contributed by atoms with van der Waals surface area (Å²) < 4.78 is 9.90. The van der Waals surface area contributed by atoms with Crippen LogP contribution in [0.1, 0.15) is 5.56 Å². The fourth-order valence-electron chi connectivity index (χ4n) is 2.05. The van der Waals surface area contributed by atoms with Crippen LogP contribution >= 0.6 is 0 Å². The van der Waals surface area contributed by atoms with Crippen molar-refractivity contribution in [2.24, 2.45) is 0 Å². The monoisotopic (exact) mass is 279 g/mol. The lowest BCUT2D eigenvalue weighted by atomic mass is 10.1. The average molecular weight is 279 g/mol. The first-order valence-corrected chi connectivity index (χ1v) is 6.35. The summed E-state index contributed by atoms with van der Waals surface area (Å²) in [6.07, 6.45) is -0.480. The van der Waals surface area contributed by atoms with Gasteiger partial charge in [0, 0.05) is 6.54 Å². The van der Waals surface area contributed by atoms with Crippen LogP contribution in [0.25, 0.3) is 0 Å². The molecular weight excluding hydrogens is 262 g/mol. The van der Waals surface area contributed by atoms with Gasteiger partial charge in [0.2, 0.25) is 5.91 Å². The van der Waals surface area contributed by atoms with Gasteiger partial charge in [-0.15, -0.1) is 0 Å². The number of phenols is 1. The first-order chi connectivity index (χ1) is 9.60. The molecule has 0 bridgehead atoms. The number of methoxy groups -OCH3 is 1. The second-order valence-corrected chi connectivity index (χ2v) is 4.57. The minimum Gasteiger partial charge on any atom is -0.508 e. The Morgan fingerprint density at radius 3 is 2.75 bits per heavy atom. The van der Waals surface area contributed by atoms with Gasteiger partial charge in [-0.3, -0.25) is 4.79 Å². The molecule has 2 rings (SSSR count). The quantitative estimate of drug-likeness (QED) is 0.807. The zero-order chi connectivity index (χ0) is 14.5. The van der Waals surface area contributed by atoms with Crippen LogP contribution in [0.15, 0.2) is 24.3 Å². The number of hydrogen-bond donors (Lipinski definition) is 1. The van der Waals surface area contributed by atoms with Gasteiger partial charge in [0.15, 0.2) is 6.10 Å². The number of carbonyl (C=O) groups excluding carboxylic acids is 2. The van der Waals surface area contributed by atoms with Crippen molar-refractivity contribution >= 4 is 11.9 Å². The standard InChI is InChI=1S/C14H17NO5/c1-19-14(18)12-9-15(6-7-20-12)13(17)8-10-2-4-11(16)5-3-10/h2-5,12,16H,6-9H2,1H3. The highest BCUT2D eigenvalue weighted by Crippen LogP contribution is 2.13. The summed E-state index contributed by atoms with van der Waals surface area (Å²) in [5.41, 5.74) is 0.814. The smallest absolute Gasteiger partial charge is 0.336 e. The summed E-state index contributed by atoms with van der Waals surface area (Å²) in [5, 5.41) is 9.20. The van der Waals surface area contributed by atoms with Gasteiger partial charge in [-0.25, -0.2) is 4.79 Å². The first kappa shape index (κ1) is 14.3. The number of esters is 1. The Hall–Kier alpha value is -2.08. The Morgan fingerprint density at radius 2 is 2.10 bits per heavy atom. The van der Waals surface area contributed by atoms with E-state index in [1.54, 1.807) is 29.2 Å². The maximum atomic E-state index is 12.2. The van der Waals surface area contributed by atoms with Gasteiger partial charge >= 0.3 is 5.97 Å². The number of hydrogen-bond acceptors (Lipinski definition) is 5. The number of aromatic hydroxyl groups is 1. The van der Waals surface area contributed by atoms with Gasteiger partial charge < -0.3 is 19.5 Å². The fourth-order valence-corrected chi connectivity index (χ4v) is 2.05. The molecule has 6 heteroatoms. The molecule has 1 aliphatic rings. The van der Waals surface area contributed by atoms with E-state index in [0.717, 1.165) is 5.56 Å². The molecule has 0 spiro atoms. The molecule has 1 unspecified atom stereocenters. The first-order valence-electron chi connectivity index (χ1n) is 6.35. The Bertz CT molecular complexity index is 485. The van der Waals surface area contributed by atoms with Crippen LogP contribution < -0.4 is 0 Å². The SMILES string of the molecule is COC(=O)C1CN(C(=O)Cc2ccc(O)cc2)CCO1. The van der Waals surface area contributed by atoms with Crippen LogP contribution in [0.5, 0.6) is 5.75 Å². The topological polar surface area (TPSA) is 76.1 Å². The summed E-state index contributed by atoms with van der Waals surface area (Å²) in [6, 6.07) is 6.48. The molecule has 0 saturated carbocycles. The van der Waals surface area contributed by atoms with Gasteiger partial charge in [-0.05, 0) is 17.7 Å². The van der Waals surface area contributed by atoms with Gasteiger partial charge in [0.25, 0.3) is 0 Å². The van der Waals surface area contributed by atoms with Crippen LogP contribution in [-0.4, -0.2) is 54.8 Å². The van der Waals surface area contributed by atoms with Crippen molar-refractivity contribution in [1.29, 1.82) is 0 Å². The molecule has 1 heterocycles. The lowest BCUT2D eigenvalue weighted by molar-refractivity contribution is -0.162. The number of carbonyl (C=O) groups is 2. The summed E-state index contributed by atoms with van der Waals surface area (Å²) in [4.78, 5) is 25.2. The van der Waals surface area contributed by atoms with Crippen LogP contribution in [0.4, 0.5) is 0 Å². The molecule has 6 nitrogen and oxygen atoms in total. The van der Waals surface area contributed by atoms with Crippen LogP contribution in [0.2, 0.25) is 0 Å². The zero-order valence-corrected chi connectivity index (χ0v) is 11.2. The molecule has 20 heavy (non-hydrogen) atoms. The molecule has 0 aromatic heterocycles. The van der Waals surface area contributed by atoms with Gasteiger partial charge in [-0.1, -0.05) is 12.1 Å². The molecule has 1 fully saturated rings. The zero-order valence-electron chi connectivity index (χ0n) is 11.2. The second-order valence-electron chi connectivity index (χ2n) is 4.57. The molecule has 1 N–H and O–H groups in total. The van der Waals surface area contributed by atoms with Crippen molar-refractivity contribution in [2.75, 3.05) is 26.8 Å². The number of morpholine rings is 1. The number of amides is 1. The Balaban J connectivity index is 1.95. The van der Waals surface area contributed by atoms with Crippen LogP contribution in [0.3, 0.4) is 0 Å². The Morgan fingerprint density at radius 1 is 1.40 bits per heavy atom. The molecule has 1 aromatic rings. The molecule has 1 aromatic carbocycles. The Kier molecular flexibility index (Phi) is 4.57. The summed E-state index contributed by atoms with van der Waals surface area (Å²) >= 11 is 0. The largest absolute Gasteiger partial charge is 0.508 e. The molecule has 1 saturated heterocycles. The van der Waals surface area contributed by atoms with Gasteiger partial charge in [0.1, 0.15) is 5.75 Å². The van der Waals surface area contributed by atoms with E-state index in [-0.39, 0.29) is 24.6 Å². The van der Waals surface area contributed by atoms with E-state index in [1.807, 2.05) is 0 Å². The van der Waals surface area contributed by atoms with E-state index in [2.05, 4.69) is 4.74 Å². The molecule has 1 atom stereocenters. The molecule has 0 aliphatic carbocycles. The summed E-state index contributed by atoms with van der Waals surface area (Å²) in [5.74, 6) is -0.377. The number of ether oxygens (including phenoxy) is 2. The highest BCUT2D eigenvalue weighted by atomic mass is 16.6. The van der Waals surface area contributed by atoms with Gasteiger partial charge in [0.05, 0.1) is 26.7 Å². The lowest BCUT2D eigenvalue weighted by Gasteiger charge is -2.31. The number of phenolic OH excluding ortho intramolecular Hbond substituents is 1. The van der Waals surface area contributed by atoms with Crippen molar-refractivity contribution in [3.8, 4) is 5.75 Å². The number of benzene rings is 1. The third-order valence-electron chi connectivity index (χ3n) is 3.17. The minimum atomic E-state index is -0.711. The normalized spacial score (nSPS) is 18.6. The number of nitrogens with zero attached hydrogens (tertiary/aromatic N) is 1. The average Bonchev–Trinajstić information content (AvgIpc) is 2.49. The maximum absolute atomic E-state index is 12.2. The van der Waals surface area contributed by atoms with Crippen molar-refractivity contribution in [1.82, 2.24) is 4.90 Å². The minimum absolute atomic E-state index is 0.0760. The molecule has 1 amide bonds. The molecule has 1 aliphatic heterocycles. The van der Waals surface area contributed by atoms with E-state index < -0.39 is 12.1 Å². The third-order valence-corrected chi connectivity index (χ3v) is 3.17. The van der Waals surface area contributed by atoms with Crippen molar-refractivity contribution in [3.63, 3.8) is 0 Å². The van der Waals surface area contributed by atoms with Crippen molar-refractivity contribution in [2.45, 2.75) is 12.5 Å². The second kappa shape index (κ2) is 6.38. The fraction of sp³-hybridized carbons (Fsp3) is 0.429. The summed E-state index contributed by atoms with van der Waals surface area (Å²) in [7, 11) is 1.29. The predicted octanol–water partition coefficient (Wildman–Crippen LogP) is 0.335. The molecular formula is C14H17NO5. The van der Waals surface area contributed by atoms with Crippen LogP contribution in [0, 0.1) is 0 Å². The maximum Gasteiger partial charge on any atom is 0.336 e. The van der Waals surface area contributed by atoms with E-state index in [0.29, 0.717) is 13.2 Å². The van der Waals surface area contributed by atoms with Gasteiger partial charge in [-0.2, -0.15) is 0 Å². The number of rotatable bonds is 3. The lowest BCUT2D eigenvalue weighted by Crippen LogP contribution is -2.49. The van der Waals surface area contributed by atoms with Crippen molar-refractivity contribution in [3.05, 3.63) is 29.8 Å². The molecule has 0 radical (unpaired) electrons. The van der Waals surface area contributed by atoms with E-state index in [9.17, 15) is 14.7 Å². The van der Waals surface area contributed by atoms with Crippen LogP contribution in [-0.2, 0) is 25.5 Å². The van der Waals surface area contributed by atoms with E-state index in [4.69, 9.17) is 4.74 Å². The van der Waals surface area contributed by atoms with E-state index in [1.165, 1.54) is 7.11 Å².